The Morgan fingerprint density at radius 3 is 2.63 bits per heavy atom. The summed E-state index contributed by atoms with van der Waals surface area (Å²) in [5.74, 6) is -1.85. The first-order valence-electron chi connectivity index (χ1n) is 5.33. The van der Waals surface area contributed by atoms with E-state index in [9.17, 15) is 14.7 Å². The molecule has 0 aromatic rings. The number of carbonyl (C=O) groups is 2. The van der Waals surface area contributed by atoms with E-state index in [4.69, 9.17) is 44.6 Å². The number of hydrogen-bond donors (Lipinski definition) is 2. The first-order valence-corrected chi connectivity index (χ1v) is 6.46. The summed E-state index contributed by atoms with van der Waals surface area (Å²) in [5, 5.41) is 18.4. The van der Waals surface area contributed by atoms with Crippen LogP contribution in [0.15, 0.2) is 11.8 Å². The van der Waals surface area contributed by atoms with E-state index < -0.39 is 40.5 Å². The van der Waals surface area contributed by atoms with Crippen LogP contribution in [0.1, 0.15) is 12.8 Å². The average Bonchev–Trinajstić information content (AvgIpc) is 2.46. The molecule has 0 bridgehead atoms. The van der Waals surface area contributed by atoms with E-state index in [0.717, 1.165) is 11.0 Å². The lowest BCUT2D eigenvalue weighted by molar-refractivity contribution is -0.171. The highest BCUT2D eigenvalue weighted by molar-refractivity contribution is 6.67. The Bertz CT molecular complexity index is 461. The van der Waals surface area contributed by atoms with Gasteiger partial charge in [0, 0.05) is 6.42 Å². The number of rotatable bonds is 3. The summed E-state index contributed by atoms with van der Waals surface area (Å²) in [5.41, 5.74) is -1.88. The van der Waals surface area contributed by atoms with Crippen molar-refractivity contribution in [2.24, 2.45) is 0 Å². The normalized spacial score (nSPS) is 32.0. The van der Waals surface area contributed by atoms with Crippen LogP contribution in [0.25, 0.3) is 0 Å². The minimum absolute atomic E-state index is 0.0671. The molecule has 2 aliphatic heterocycles. The minimum atomic E-state index is -1.89. The molecule has 0 aromatic carbocycles. The number of aliphatic hydroxyl groups excluding tert-OH is 1. The van der Waals surface area contributed by atoms with Crippen LogP contribution < -0.4 is 0 Å². The van der Waals surface area contributed by atoms with Crippen LogP contribution in [0.2, 0.25) is 0 Å². The summed E-state index contributed by atoms with van der Waals surface area (Å²) in [7, 11) is 0. The second-order valence-corrected chi connectivity index (χ2v) is 6.76. The SMILES string of the molecule is O=C1C[C@H]2O/C(=C\CO)[C@](CC(Cl)(Cl)Cl)(C(=O)O)N12. The number of hydrogen-bond acceptors (Lipinski definition) is 4. The molecular formula is C10H10Cl3NO5. The highest BCUT2D eigenvalue weighted by Crippen LogP contribution is 2.50. The van der Waals surface area contributed by atoms with Gasteiger partial charge in [-0.15, -0.1) is 0 Å². The number of carboxylic acid groups (broad SMARTS) is 1. The molecule has 106 valence electrons. The van der Waals surface area contributed by atoms with E-state index in [-0.39, 0.29) is 12.2 Å². The van der Waals surface area contributed by atoms with E-state index >= 15 is 0 Å². The maximum atomic E-state index is 11.6. The Morgan fingerprint density at radius 1 is 1.58 bits per heavy atom. The summed E-state index contributed by atoms with van der Waals surface area (Å²) >= 11 is 17.0. The van der Waals surface area contributed by atoms with Crippen molar-refractivity contribution < 1.29 is 24.5 Å². The molecule has 0 unspecified atom stereocenters. The van der Waals surface area contributed by atoms with Crippen molar-refractivity contribution in [1.82, 2.24) is 4.90 Å². The van der Waals surface area contributed by atoms with Crippen molar-refractivity contribution in [2.75, 3.05) is 6.61 Å². The average molecular weight is 331 g/mol. The lowest BCUT2D eigenvalue weighted by atomic mass is 9.89. The molecule has 0 aliphatic carbocycles. The van der Waals surface area contributed by atoms with Crippen LogP contribution in [-0.4, -0.2) is 49.2 Å². The molecule has 9 heteroatoms. The van der Waals surface area contributed by atoms with Gasteiger partial charge < -0.3 is 14.9 Å². The van der Waals surface area contributed by atoms with Crippen LogP contribution in [0, 0.1) is 0 Å². The first kappa shape index (κ1) is 14.7. The molecule has 2 atom stereocenters. The first-order chi connectivity index (χ1) is 8.72. The zero-order chi connectivity index (χ0) is 14.4. The Morgan fingerprint density at radius 2 is 2.21 bits per heavy atom. The highest BCUT2D eigenvalue weighted by Gasteiger charge is 2.66. The summed E-state index contributed by atoms with van der Waals surface area (Å²) in [6.07, 6.45) is 0.0794. The number of amides is 1. The van der Waals surface area contributed by atoms with Gasteiger partial charge in [-0.1, -0.05) is 34.8 Å². The summed E-state index contributed by atoms with van der Waals surface area (Å²) < 4.78 is 3.46. The number of ether oxygens (including phenoxy) is 1. The van der Waals surface area contributed by atoms with Gasteiger partial charge in [0.15, 0.2) is 10.0 Å². The molecule has 2 N–H and O–H groups in total. The van der Waals surface area contributed by atoms with Crippen molar-refractivity contribution in [2.45, 2.75) is 28.4 Å². The molecule has 2 rings (SSSR count). The van der Waals surface area contributed by atoms with Crippen molar-refractivity contribution in [3.05, 3.63) is 11.8 Å². The number of aliphatic hydroxyl groups is 1. The molecule has 1 amide bonds. The smallest absolute Gasteiger partial charge is 0.337 e. The molecule has 2 heterocycles. The fraction of sp³-hybridized carbons (Fsp3) is 0.600. The van der Waals surface area contributed by atoms with Gasteiger partial charge in [0.1, 0.15) is 5.76 Å². The number of aliphatic carboxylic acids is 1. The number of carboxylic acids is 1. The molecule has 2 aliphatic rings. The third kappa shape index (κ3) is 2.27. The fourth-order valence-corrected chi connectivity index (χ4v) is 2.93. The largest absolute Gasteiger partial charge is 0.479 e. The third-order valence-corrected chi connectivity index (χ3v) is 3.48. The second-order valence-electron chi connectivity index (χ2n) is 4.25. The van der Waals surface area contributed by atoms with Crippen molar-refractivity contribution >= 4 is 46.7 Å². The molecular weight excluding hydrogens is 320 g/mol. The van der Waals surface area contributed by atoms with E-state index in [1.165, 1.54) is 0 Å². The summed E-state index contributed by atoms with van der Waals surface area (Å²) in [4.78, 5) is 24.3. The second kappa shape index (κ2) is 4.70. The topological polar surface area (TPSA) is 87.1 Å². The maximum absolute atomic E-state index is 11.6. The molecule has 0 saturated carbocycles. The number of carbonyl (C=O) groups excluding carboxylic acids is 1. The molecule has 0 spiro atoms. The number of fused-ring (bicyclic) bond motifs is 1. The summed E-state index contributed by atoms with van der Waals surface area (Å²) in [6, 6.07) is 0. The zero-order valence-electron chi connectivity index (χ0n) is 9.48. The third-order valence-electron chi connectivity index (χ3n) is 3.07. The maximum Gasteiger partial charge on any atom is 0.337 e. The number of halogens is 3. The van der Waals surface area contributed by atoms with Crippen molar-refractivity contribution in [3.8, 4) is 0 Å². The number of β-lactam (4-membered cyclic amide) rings is 1. The zero-order valence-corrected chi connectivity index (χ0v) is 11.7. The standard InChI is InChI=1S/C10H10Cl3NO5/c11-10(12,13)4-9(8(17)18)5(1-2-15)19-7-3-6(16)14(7)9/h1,7,15H,2-4H2,(H,17,18)/b5-1-/t7-,9-/m1/s1. The van der Waals surface area contributed by atoms with Crippen molar-refractivity contribution in [1.29, 1.82) is 0 Å². The van der Waals surface area contributed by atoms with Gasteiger partial charge in [-0.3, -0.25) is 9.69 Å². The Hall–Kier alpha value is -0.690. The minimum Gasteiger partial charge on any atom is -0.479 e. The van der Waals surface area contributed by atoms with Crippen LogP contribution in [-0.2, 0) is 14.3 Å². The van der Waals surface area contributed by atoms with Gasteiger partial charge in [0.25, 0.3) is 0 Å². The van der Waals surface area contributed by atoms with Crippen LogP contribution in [0.4, 0.5) is 0 Å². The fourth-order valence-electron chi connectivity index (χ4n) is 2.35. The molecule has 0 radical (unpaired) electrons. The lowest BCUT2D eigenvalue weighted by Crippen LogP contribution is -2.63. The molecule has 2 fully saturated rings. The Balaban J connectivity index is 2.50. The van der Waals surface area contributed by atoms with E-state index in [1.807, 2.05) is 0 Å². The van der Waals surface area contributed by atoms with E-state index in [1.54, 1.807) is 0 Å². The van der Waals surface area contributed by atoms with Crippen LogP contribution in [0.5, 0.6) is 0 Å². The van der Waals surface area contributed by atoms with Gasteiger partial charge in [-0.05, 0) is 6.08 Å². The molecule has 6 nitrogen and oxygen atoms in total. The van der Waals surface area contributed by atoms with E-state index in [0.29, 0.717) is 0 Å². The van der Waals surface area contributed by atoms with Gasteiger partial charge >= 0.3 is 5.97 Å². The number of nitrogens with zero attached hydrogens (tertiary/aromatic N) is 1. The molecule has 0 aromatic heterocycles. The Kier molecular flexibility index (Phi) is 3.64. The Labute approximate surface area is 123 Å². The highest BCUT2D eigenvalue weighted by atomic mass is 35.6. The van der Waals surface area contributed by atoms with Crippen molar-refractivity contribution in [3.63, 3.8) is 0 Å². The number of alkyl halides is 3. The monoisotopic (exact) mass is 329 g/mol. The van der Waals surface area contributed by atoms with E-state index in [2.05, 4.69) is 0 Å². The molecule has 2 saturated heterocycles. The van der Waals surface area contributed by atoms with Crippen LogP contribution >= 0.6 is 34.8 Å². The summed E-state index contributed by atoms with van der Waals surface area (Å²) in [6.45, 7) is -0.445. The quantitative estimate of drug-likeness (QED) is 0.596. The van der Waals surface area contributed by atoms with Gasteiger partial charge in [0.05, 0.1) is 13.0 Å². The van der Waals surface area contributed by atoms with Gasteiger partial charge in [0.2, 0.25) is 11.4 Å². The molecule has 19 heavy (non-hydrogen) atoms. The lowest BCUT2D eigenvalue weighted by Gasteiger charge is -2.41. The van der Waals surface area contributed by atoms with Gasteiger partial charge in [-0.25, -0.2) is 4.79 Å². The predicted molar refractivity (Wildman–Crippen MR) is 66.8 cm³/mol. The van der Waals surface area contributed by atoms with Gasteiger partial charge in [-0.2, -0.15) is 0 Å². The van der Waals surface area contributed by atoms with Crippen LogP contribution in [0.3, 0.4) is 0 Å². The predicted octanol–water partition coefficient (Wildman–Crippen LogP) is 1.03.